The number of carbonyl (C=O) groups is 2. The Bertz CT molecular complexity index is 1410. The number of nitrogens with zero attached hydrogens (tertiary/aromatic N) is 2. The summed E-state index contributed by atoms with van der Waals surface area (Å²) in [7, 11) is 0.341. The number of hydrogen-bond donors (Lipinski definition) is 2. The van der Waals surface area contributed by atoms with Crippen molar-refractivity contribution in [2.75, 3.05) is 37.5 Å². The lowest BCUT2D eigenvalue weighted by Crippen LogP contribution is -2.39. The quantitative estimate of drug-likeness (QED) is 0.282. The fraction of sp³-hybridized carbons (Fsp3) is 0.192. The highest BCUT2D eigenvalue weighted by molar-refractivity contribution is 7.92. The molecule has 200 valence electrons. The molecule has 2 N–H and O–H groups in total. The van der Waals surface area contributed by atoms with Gasteiger partial charge in [-0.05, 0) is 72.3 Å². The Morgan fingerprint density at radius 1 is 0.895 bits per heavy atom. The highest BCUT2D eigenvalue weighted by Crippen LogP contribution is 2.28. The summed E-state index contributed by atoms with van der Waals surface area (Å²) in [6.07, 6.45) is 1.40. The van der Waals surface area contributed by atoms with Gasteiger partial charge < -0.3 is 19.5 Å². The van der Waals surface area contributed by atoms with E-state index in [0.29, 0.717) is 28.5 Å². The predicted molar refractivity (Wildman–Crippen MR) is 144 cm³/mol. The number of ether oxygens (including phenoxy) is 3. The minimum atomic E-state index is -4.17. The first-order valence-corrected chi connectivity index (χ1v) is 12.7. The topological polar surface area (TPSA) is 136 Å². The molecule has 12 heteroatoms. The van der Waals surface area contributed by atoms with Crippen molar-refractivity contribution in [2.45, 2.75) is 11.8 Å². The van der Waals surface area contributed by atoms with Crippen LogP contribution in [0.3, 0.4) is 0 Å². The third kappa shape index (κ3) is 7.01. The van der Waals surface area contributed by atoms with Crippen molar-refractivity contribution in [1.82, 2.24) is 5.43 Å². The number of hydrogen-bond acceptors (Lipinski definition) is 8. The Morgan fingerprint density at radius 2 is 1.55 bits per heavy atom. The van der Waals surface area contributed by atoms with Crippen LogP contribution in [-0.4, -0.2) is 54.3 Å². The molecular formula is C26H28N4O7S. The normalized spacial score (nSPS) is 11.1. The molecule has 2 amide bonds. The first-order chi connectivity index (χ1) is 18.2. The highest BCUT2D eigenvalue weighted by Gasteiger charge is 2.27. The highest BCUT2D eigenvalue weighted by atomic mass is 32.2. The second-order valence-electron chi connectivity index (χ2n) is 7.82. The number of methoxy groups -OCH3 is 3. The number of carbonyl (C=O) groups excluding carboxylic acids is 2. The van der Waals surface area contributed by atoms with Crippen molar-refractivity contribution in [3.05, 3.63) is 72.3 Å². The van der Waals surface area contributed by atoms with Crippen LogP contribution in [0.15, 0.2) is 76.7 Å². The van der Waals surface area contributed by atoms with Crippen LogP contribution in [0.25, 0.3) is 0 Å². The number of anilines is 2. The van der Waals surface area contributed by atoms with Gasteiger partial charge in [0.15, 0.2) is 11.5 Å². The number of sulfonamides is 1. The van der Waals surface area contributed by atoms with E-state index in [2.05, 4.69) is 15.8 Å². The number of hydrazone groups is 1. The summed E-state index contributed by atoms with van der Waals surface area (Å²) in [5.41, 5.74) is 3.67. The predicted octanol–water partition coefficient (Wildman–Crippen LogP) is 3.02. The van der Waals surface area contributed by atoms with E-state index in [4.69, 9.17) is 14.2 Å². The molecule has 0 unspecified atom stereocenters. The summed E-state index contributed by atoms with van der Waals surface area (Å²) in [6.45, 7) is 0.799. The van der Waals surface area contributed by atoms with Gasteiger partial charge in [-0.1, -0.05) is 0 Å². The Hall–Kier alpha value is -4.58. The minimum absolute atomic E-state index is 0.0657. The van der Waals surface area contributed by atoms with Gasteiger partial charge in [-0.25, -0.2) is 13.8 Å². The van der Waals surface area contributed by atoms with Crippen LogP contribution in [0.1, 0.15) is 12.5 Å². The number of nitrogens with one attached hydrogen (secondary N) is 2. The molecule has 0 aliphatic heterocycles. The van der Waals surface area contributed by atoms with Gasteiger partial charge in [-0.2, -0.15) is 5.10 Å². The molecule has 0 aliphatic carbocycles. The number of benzene rings is 3. The summed E-state index contributed by atoms with van der Waals surface area (Å²) in [5, 5.41) is 6.52. The van der Waals surface area contributed by atoms with Gasteiger partial charge in [0.05, 0.1) is 38.1 Å². The lowest BCUT2D eigenvalue weighted by atomic mass is 10.2. The van der Waals surface area contributed by atoms with Crippen LogP contribution >= 0.6 is 0 Å². The molecule has 0 atom stereocenters. The zero-order chi connectivity index (χ0) is 27.7. The molecule has 0 radical (unpaired) electrons. The summed E-state index contributed by atoms with van der Waals surface area (Å²) < 4.78 is 43.7. The number of amides is 2. The average Bonchev–Trinajstić information content (AvgIpc) is 2.91. The van der Waals surface area contributed by atoms with E-state index in [-0.39, 0.29) is 16.5 Å². The maximum absolute atomic E-state index is 13.5. The Morgan fingerprint density at radius 3 is 2.13 bits per heavy atom. The monoisotopic (exact) mass is 540 g/mol. The zero-order valence-electron chi connectivity index (χ0n) is 21.3. The van der Waals surface area contributed by atoms with Crippen molar-refractivity contribution < 1.29 is 32.2 Å². The van der Waals surface area contributed by atoms with Crippen molar-refractivity contribution in [2.24, 2.45) is 5.10 Å². The lowest BCUT2D eigenvalue weighted by Gasteiger charge is -2.24. The molecule has 11 nitrogen and oxygen atoms in total. The molecular weight excluding hydrogens is 512 g/mol. The first-order valence-electron chi connectivity index (χ1n) is 11.3. The Labute approximate surface area is 221 Å². The van der Waals surface area contributed by atoms with Gasteiger partial charge in [0.2, 0.25) is 5.91 Å². The third-order valence-electron chi connectivity index (χ3n) is 5.22. The summed E-state index contributed by atoms with van der Waals surface area (Å²) >= 11 is 0. The van der Waals surface area contributed by atoms with Crippen LogP contribution < -0.4 is 29.3 Å². The molecule has 0 bridgehead atoms. The average molecular weight is 541 g/mol. The van der Waals surface area contributed by atoms with E-state index < -0.39 is 22.5 Å². The maximum atomic E-state index is 13.5. The molecule has 0 aliphatic rings. The SMILES string of the molecule is COc1ccc(N(CC(=O)N/N=C\c2ccc(OC)c(OC)c2)S(=O)(=O)c2ccc(NC(C)=O)cc2)cc1. The molecule has 0 aromatic heterocycles. The van der Waals surface area contributed by atoms with Crippen LogP contribution in [0.4, 0.5) is 11.4 Å². The van der Waals surface area contributed by atoms with E-state index in [1.165, 1.54) is 70.9 Å². The second kappa shape index (κ2) is 12.6. The summed E-state index contributed by atoms with van der Waals surface area (Å²) in [6, 6.07) is 17.0. The van der Waals surface area contributed by atoms with Gasteiger partial charge in [0.25, 0.3) is 15.9 Å². The molecule has 3 rings (SSSR count). The fourth-order valence-corrected chi connectivity index (χ4v) is 4.80. The van der Waals surface area contributed by atoms with E-state index in [1.54, 1.807) is 30.3 Å². The van der Waals surface area contributed by atoms with E-state index >= 15 is 0 Å². The van der Waals surface area contributed by atoms with Gasteiger partial charge in [0, 0.05) is 12.6 Å². The molecule has 38 heavy (non-hydrogen) atoms. The Balaban J connectivity index is 1.83. The van der Waals surface area contributed by atoms with Gasteiger partial charge in [-0.3, -0.25) is 13.9 Å². The standard InChI is InChI=1S/C26H28N4O7S/c1-18(31)28-20-6-12-23(13-7-20)38(33,34)30(21-8-10-22(35-2)11-9-21)17-26(32)29-27-16-19-5-14-24(36-3)25(15-19)37-4/h5-16H,17H2,1-4H3,(H,28,31)(H,29,32)/b27-16-. The van der Waals surface area contributed by atoms with Crippen LogP contribution in [0.2, 0.25) is 0 Å². The van der Waals surface area contributed by atoms with E-state index in [9.17, 15) is 18.0 Å². The van der Waals surface area contributed by atoms with Crippen molar-refractivity contribution in [1.29, 1.82) is 0 Å². The van der Waals surface area contributed by atoms with Crippen molar-refractivity contribution in [3.8, 4) is 17.2 Å². The first kappa shape index (κ1) is 28.0. The maximum Gasteiger partial charge on any atom is 0.264 e. The second-order valence-corrected chi connectivity index (χ2v) is 9.69. The largest absolute Gasteiger partial charge is 0.497 e. The van der Waals surface area contributed by atoms with Gasteiger partial charge >= 0.3 is 0 Å². The molecule has 0 saturated carbocycles. The molecule has 0 saturated heterocycles. The van der Waals surface area contributed by atoms with Crippen LogP contribution in [0.5, 0.6) is 17.2 Å². The van der Waals surface area contributed by atoms with E-state index in [0.717, 1.165) is 4.31 Å². The smallest absolute Gasteiger partial charge is 0.264 e. The molecule has 3 aromatic rings. The molecule has 0 heterocycles. The summed E-state index contributed by atoms with van der Waals surface area (Å²) in [4.78, 5) is 24.0. The zero-order valence-corrected chi connectivity index (χ0v) is 22.1. The van der Waals surface area contributed by atoms with Crippen LogP contribution in [-0.2, 0) is 19.6 Å². The minimum Gasteiger partial charge on any atom is -0.497 e. The van der Waals surface area contributed by atoms with Crippen molar-refractivity contribution >= 4 is 39.4 Å². The third-order valence-corrected chi connectivity index (χ3v) is 7.01. The van der Waals surface area contributed by atoms with Gasteiger partial charge in [0.1, 0.15) is 12.3 Å². The molecule has 0 spiro atoms. The summed E-state index contributed by atoms with van der Waals surface area (Å²) in [5.74, 6) is 0.597. The van der Waals surface area contributed by atoms with Crippen molar-refractivity contribution in [3.63, 3.8) is 0 Å². The van der Waals surface area contributed by atoms with E-state index in [1.807, 2.05) is 0 Å². The fourth-order valence-electron chi connectivity index (χ4n) is 3.38. The van der Waals surface area contributed by atoms with Gasteiger partial charge in [-0.15, -0.1) is 0 Å². The lowest BCUT2D eigenvalue weighted by molar-refractivity contribution is -0.119. The number of rotatable bonds is 11. The van der Waals surface area contributed by atoms with Crippen LogP contribution in [0, 0.1) is 0 Å². The molecule has 0 fully saturated rings. The molecule has 3 aromatic carbocycles. The Kier molecular flexibility index (Phi) is 9.28.